The van der Waals surface area contributed by atoms with E-state index in [9.17, 15) is 14.0 Å². The van der Waals surface area contributed by atoms with E-state index in [1.165, 1.54) is 24.5 Å². The van der Waals surface area contributed by atoms with Crippen LogP contribution in [0.1, 0.15) is 27.3 Å². The summed E-state index contributed by atoms with van der Waals surface area (Å²) in [7, 11) is 0. The highest BCUT2D eigenvalue weighted by atomic mass is 19.1. The number of nitrogens with one attached hydrogen (secondary N) is 1. The first kappa shape index (κ1) is 22.8. The molecule has 0 bridgehead atoms. The van der Waals surface area contributed by atoms with Gasteiger partial charge in [-0.1, -0.05) is 30.3 Å². The predicted octanol–water partition coefficient (Wildman–Crippen LogP) is 5.68. The maximum absolute atomic E-state index is 13.8. The van der Waals surface area contributed by atoms with Gasteiger partial charge in [0.05, 0.1) is 11.8 Å². The van der Waals surface area contributed by atoms with Crippen molar-refractivity contribution >= 4 is 17.5 Å². The number of ether oxygens (including phenoxy) is 1. The molecule has 0 atom stereocenters. The molecule has 2 amide bonds. The molecule has 1 N–H and O–H groups in total. The Morgan fingerprint density at radius 2 is 1.56 bits per heavy atom. The number of carbonyl (C=O) groups is 2. The number of para-hydroxylation sites is 1. The van der Waals surface area contributed by atoms with Crippen molar-refractivity contribution < 1.29 is 23.1 Å². The third-order valence-corrected chi connectivity index (χ3v) is 5.07. The van der Waals surface area contributed by atoms with Crippen molar-refractivity contribution in [3.63, 3.8) is 0 Å². The summed E-state index contributed by atoms with van der Waals surface area (Å²) >= 11 is 0. The first-order valence-corrected chi connectivity index (χ1v) is 10.8. The quantitative estimate of drug-likeness (QED) is 0.328. The topological polar surface area (TPSA) is 71.8 Å². The van der Waals surface area contributed by atoms with Crippen molar-refractivity contribution in [2.75, 3.05) is 18.0 Å². The molecule has 0 radical (unpaired) electrons. The van der Waals surface area contributed by atoms with Crippen LogP contribution in [-0.4, -0.2) is 24.9 Å². The second kappa shape index (κ2) is 11.0. The minimum absolute atomic E-state index is 0.0139. The van der Waals surface area contributed by atoms with Crippen LogP contribution in [-0.2, 0) is 0 Å². The van der Waals surface area contributed by atoms with Crippen LogP contribution >= 0.6 is 0 Å². The zero-order valence-electron chi connectivity index (χ0n) is 18.3. The van der Waals surface area contributed by atoms with E-state index in [0.717, 1.165) is 0 Å². The Kier molecular flexibility index (Phi) is 7.35. The highest BCUT2D eigenvalue weighted by Crippen LogP contribution is 2.25. The highest BCUT2D eigenvalue weighted by Gasteiger charge is 2.20. The molecular formula is C27H23FN2O4. The van der Waals surface area contributed by atoms with Crippen LogP contribution in [0.15, 0.2) is 102 Å². The molecule has 1 aromatic heterocycles. The molecule has 0 aliphatic carbocycles. The Balaban J connectivity index is 1.42. The van der Waals surface area contributed by atoms with Crippen molar-refractivity contribution in [3.05, 3.63) is 114 Å². The third-order valence-electron chi connectivity index (χ3n) is 5.07. The lowest BCUT2D eigenvalue weighted by molar-refractivity contribution is 0.0949. The molecule has 0 saturated heterocycles. The third kappa shape index (κ3) is 5.69. The van der Waals surface area contributed by atoms with E-state index in [1.807, 2.05) is 30.3 Å². The van der Waals surface area contributed by atoms with E-state index in [4.69, 9.17) is 9.15 Å². The Labute approximate surface area is 196 Å². The van der Waals surface area contributed by atoms with E-state index in [-0.39, 0.29) is 23.8 Å². The summed E-state index contributed by atoms with van der Waals surface area (Å²) in [6, 6.07) is 25.6. The molecule has 0 aliphatic rings. The van der Waals surface area contributed by atoms with Gasteiger partial charge in [-0.3, -0.25) is 9.59 Å². The summed E-state index contributed by atoms with van der Waals surface area (Å²) in [5.41, 5.74) is 0.641. The molecule has 0 aliphatic heterocycles. The minimum Gasteiger partial charge on any atom is -0.459 e. The van der Waals surface area contributed by atoms with Gasteiger partial charge in [0, 0.05) is 18.8 Å². The molecular weight excluding hydrogens is 435 g/mol. The summed E-state index contributed by atoms with van der Waals surface area (Å²) in [4.78, 5) is 26.8. The second-order valence-corrected chi connectivity index (χ2v) is 7.43. The zero-order chi connectivity index (χ0) is 23.8. The fraction of sp³-hybridized carbons (Fsp3) is 0.111. The number of rotatable bonds is 9. The fourth-order valence-electron chi connectivity index (χ4n) is 3.38. The second-order valence-electron chi connectivity index (χ2n) is 7.43. The number of hydrogen-bond acceptors (Lipinski definition) is 4. The number of carbonyl (C=O) groups excluding carboxylic acids is 2. The number of halogens is 1. The molecule has 0 unspecified atom stereocenters. The first-order chi connectivity index (χ1) is 16.6. The van der Waals surface area contributed by atoms with Crippen LogP contribution in [0.2, 0.25) is 0 Å². The van der Waals surface area contributed by atoms with Crippen molar-refractivity contribution in [3.8, 4) is 11.5 Å². The monoisotopic (exact) mass is 458 g/mol. The minimum atomic E-state index is -0.576. The number of hydrogen-bond donors (Lipinski definition) is 1. The normalized spacial score (nSPS) is 10.5. The molecule has 3 aromatic carbocycles. The number of nitrogens with zero attached hydrogens (tertiary/aromatic N) is 1. The van der Waals surface area contributed by atoms with Gasteiger partial charge >= 0.3 is 0 Å². The van der Waals surface area contributed by atoms with E-state index in [2.05, 4.69) is 5.32 Å². The summed E-state index contributed by atoms with van der Waals surface area (Å²) in [5, 5.41) is 2.70. The molecule has 6 nitrogen and oxygen atoms in total. The van der Waals surface area contributed by atoms with Crippen LogP contribution in [0.4, 0.5) is 10.1 Å². The average molecular weight is 458 g/mol. The summed E-state index contributed by atoms with van der Waals surface area (Å²) < 4.78 is 24.9. The molecule has 7 heteroatoms. The largest absolute Gasteiger partial charge is 0.459 e. The van der Waals surface area contributed by atoms with E-state index < -0.39 is 11.7 Å². The van der Waals surface area contributed by atoms with Crippen molar-refractivity contribution in [1.29, 1.82) is 0 Å². The van der Waals surface area contributed by atoms with Crippen molar-refractivity contribution in [1.82, 2.24) is 5.32 Å². The van der Waals surface area contributed by atoms with Crippen LogP contribution < -0.4 is 15.0 Å². The van der Waals surface area contributed by atoms with Gasteiger partial charge in [0.1, 0.15) is 17.3 Å². The molecule has 0 fully saturated rings. The SMILES string of the molecule is O=C(NCCCN(C(=O)c1ccco1)c1ccc(Oc2ccccc2)cc1)c1ccccc1F. The molecule has 4 aromatic rings. The molecule has 0 spiro atoms. The van der Waals surface area contributed by atoms with Gasteiger partial charge < -0.3 is 19.4 Å². The highest BCUT2D eigenvalue weighted by molar-refractivity contribution is 6.04. The summed E-state index contributed by atoms with van der Waals surface area (Å²) in [6.45, 7) is 0.584. The molecule has 172 valence electrons. The van der Waals surface area contributed by atoms with E-state index in [0.29, 0.717) is 30.2 Å². The van der Waals surface area contributed by atoms with Crippen LogP contribution in [0.3, 0.4) is 0 Å². The maximum atomic E-state index is 13.8. The Morgan fingerprint density at radius 1 is 0.853 bits per heavy atom. The molecule has 1 heterocycles. The van der Waals surface area contributed by atoms with Gasteiger partial charge in [-0.2, -0.15) is 0 Å². The Hall–Kier alpha value is -4.39. The van der Waals surface area contributed by atoms with E-state index in [1.54, 1.807) is 47.4 Å². The van der Waals surface area contributed by atoms with Crippen LogP contribution in [0, 0.1) is 5.82 Å². The van der Waals surface area contributed by atoms with Crippen molar-refractivity contribution in [2.45, 2.75) is 6.42 Å². The smallest absolute Gasteiger partial charge is 0.293 e. The summed E-state index contributed by atoms with van der Waals surface area (Å²) in [6.07, 6.45) is 1.89. The van der Waals surface area contributed by atoms with Gasteiger partial charge in [0.25, 0.3) is 11.8 Å². The standard InChI is InChI=1S/C27H23FN2O4/c28-24-11-5-4-10-23(24)26(31)29-17-7-18-30(27(32)25-12-6-19-33-25)20-13-15-22(16-14-20)34-21-8-2-1-3-9-21/h1-6,8-16,19H,7,17-18H2,(H,29,31). The number of benzene rings is 3. The summed E-state index contributed by atoms with van der Waals surface area (Å²) in [5.74, 6) is 0.181. The lowest BCUT2D eigenvalue weighted by Crippen LogP contribution is -2.34. The van der Waals surface area contributed by atoms with E-state index >= 15 is 0 Å². The van der Waals surface area contributed by atoms with Crippen molar-refractivity contribution in [2.24, 2.45) is 0 Å². The van der Waals surface area contributed by atoms with Crippen LogP contribution in [0.5, 0.6) is 11.5 Å². The van der Waals surface area contributed by atoms with Gasteiger partial charge in [0.15, 0.2) is 5.76 Å². The number of anilines is 1. The first-order valence-electron chi connectivity index (χ1n) is 10.8. The van der Waals surface area contributed by atoms with Gasteiger partial charge in [0.2, 0.25) is 0 Å². The van der Waals surface area contributed by atoms with Gasteiger partial charge in [-0.25, -0.2) is 4.39 Å². The van der Waals surface area contributed by atoms with Crippen LogP contribution in [0.25, 0.3) is 0 Å². The van der Waals surface area contributed by atoms with Gasteiger partial charge in [-0.05, 0) is 67.1 Å². The Morgan fingerprint density at radius 3 is 2.26 bits per heavy atom. The molecule has 0 saturated carbocycles. The lowest BCUT2D eigenvalue weighted by atomic mass is 10.2. The predicted molar refractivity (Wildman–Crippen MR) is 127 cm³/mol. The average Bonchev–Trinajstić information content (AvgIpc) is 3.40. The lowest BCUT2D eigenvalue weighted by Gasteiger charge is -2.22. The number of furan rings is 1. The number of amides is 2. The fourth-order valence-corrected chi connectivity index (χ4v) is 3.38. The zero-order valence-corrected chi connectivity index (χ0v) is 18.3. The Bertz CT molecular complexity index is 1230. The van der Waals surface area contributed by atoms with Gasteiger partial charge in [-0.15, -0.1) is 0 Å². The molecule has 34 heavy (non-hydrogen) atoms. The molecule has 4 rings (SSSR count). The maximum Gasteiger partial charge on any atom is 0.293 e.